The molecule has 5 heteroatoms. The van der Waals surface area contributed by atoms with E-state index in [4.69, 9.17) is 5.73 Å². The van der Waals surface area contributed by atoms with Crippen LogP contribution in [0.2, 0.25) is 0 Å². The van der Waals surface area contributed by atoms with Crippen molar-refractivity contribution in [2.75, 3.05) is 13.1 Å². The molecule has 1 fully saturated rings. The standard InChI is InChI=1S/C17H19N3O2/c1-11-15(14-5-3-2-4-13(14)10-19-11)17(22)20-8-6-12(7-9-20)16(18)21/h2-5,10,12H,6-9H2,1H3,(H2,18,21). The normalized spacial score (nSPS) is 16.0. The Bertz CT molecular complexity index is 734. The molecular weight excluding hydrogens is 278 g/mol. The van der Waals surface area contributed by atoms with Crippen molar-refractivity contribution in [1.29, 1.82) is 0 Å². The summed E-state index contributed by atoms with van der Waals surface area (Å²) in [5, 5.41) is 1.89. The molecule has 0 spiro atoms. The summed E-state index contributed by atoms with van der Waals surface area (Å²) in [6.07, 6.45) is 3.07. The lowest BCUT2D eigenvalue weighted by atomic mass is 9.95. The first-order chi connectivity index (χ1) is 10.6. The third-order valence-corrected chi connectivity index (χ3v) is 4.39. The number of hydrogen-bond acceptors (Lipinski definition) is 3. The molecule has 0 saturated carbocycles. The van der Waals surface area contributed by atoms with Gasteiger partial charge in [0.2, 0.25) is 5.91 Å². The van der Waals surface area contributed by atoms with Crippen molar-refractivity contribution >= 4 is 22.6 Å². The van der Waals surface area contributed by atoms with Gasteiger partial charge in [-0.2, -0.15) is 0 Å². The van der Waals surface area contributed by atoms with E-state index in [0.29, 0.717) is 31.5 Å². The van der Waals surface area contributed by atoms with Crippen LogP contribution in [0.1, 0.15) is 28.9 Å². The maximum Gasteiger partial charge on any atom is 0.256 e. The Kier molecular flexibility index (Phi) is 3.79. The molecule has 114 valence electrons. The number of piperidine rings is 1. The first-order valence-corrected chi connectivity index (χ1v) is 7.51. The molecule has 1 aromatic heterocycles. The van der Waals surface area contributed by atoms with Gasteiger partial charge in [-0.1, -0.05) is 24.3 Å². The van der Waals surface area contributed by atoms with Gasteiger partial charge in [-0.3, -0.25) is 14.6 Å². The summed E-state index contributed by atoms with van der Waals surface area (Å²) in [4.78, 5) is 30.3. The maximum atomic E-state index is 12.9. The van der Waals surface area contributed by atoms with Gasteiger partial charge >= 0.3 is 0 Å². The molecule has 0 aliphatic carbocycles. The van der Waals surface area contributed by atoms with Gasteiger partial charge in [0.15, 0.2) is 0 Å². The van der Waals surface area contributed by atoms with E-state index in [9.17, 15) is 9.59 Å². The van der Waals surface area contributed by atoms with E-state index in [0.717, 1.165) is 16.5 Å². The van der Waals surface area contributed by atoms with Gasteiger partial charge in [-0.15, -0.1) is 0 Å². The SMILES string of the molecule is Cc1ncc2ccccc2c1C(=O)N1CCC(C(N)=O)CC1. The van der Waals surface area contributed by atoms with Gasteiger partial charge in [0.1, 0.15) is 0 Å². The highest BCUT2D eigenvalue weighted by Gasteiger charge is 2.28. The minimum Gasteiger partial charge on any atom is -0.369 e. The van der Waals surface area contributed by atoms with Crippen molar-refractivity contribution < 1.29 is 9.59 Å². The lowest BCUT2D eigenvalue weighted by Gasteiger charge is -2.31. The number of likely N-dealkylation sites (tertiary alicyclic amines) is 1. The quantitative estimate of drug-likeness (QED) is 0.919. The van der Waals surface area contributed by atoms with Crippen LogP contribution >= 0.6 is 0 Å². The van der Waals surface area contributed by atoms with Gasteiger partial charge < -0.3 is 10.6 Å². The van der Waals surface area contributed by atoms with Gasteiger partial charge in [-0.05, 0) is 25.2 Å². The van der Waals surface area contributed by atoms with Crippen LogP contribution in [0.15, 0.2) is 30.5 Å². The van der Waals surface area contributed by atoms with Gasteiger partial charge in [0.25, 0.3) is 5.91 Å². The molecule has 3 rings (SSSR count). The van der Waals surface area contributed by atoms with Crippen LogP contribution in [0, 0.1) is 12.8 Å². The summed E-state index contributed by atoms with van der Waals surface area (Å²) in [5.41, 5.74) is 6.75. The van der Waals surface area contributed by atoms with Crippen LogP contribution < -0.4 is 5.73 Å². The van der Waals surface area contributed by atoms with Crippen LogP contribution in [0.25, 0.3) is 10.8 Å². The molecule has 5 nitrogen and oxygen atoms in total. The van der Waals surface area contributed by atoms with E-state index >= 15 is 0 Å². The van der Waals surface area contributed by atoms with Crippen molar-refractivity contribution in [1.82, 2.24) is 9.88 Å². The summed E-state index contributed by atoms with van der Waals surface area (Å²) in [5.74, 6) is -0.393. The number of hydrogen-bond donors (Lipinski definition) is 1. The average molecular weight is 297 g/mol. The van der Waals surface area contributed by atoms with E-state index in [2.05, 4.69) is 4.98 Å². The fourth-order valence-electron chi connectivity index (χ4n) is 3.06. The molecule has 2 heterocycles. The van der Waals surface area contributed by atoms with Gasteiger partial charge in [0.05, 0.1) is 11.3 Å². The van der Waals surface area contributed by atoms with Crippen molar-refractivity contribution in [3.8, 4) is 0 Å². The monoisotopic (exact) mass is 297 g/mol. The summed E-state index contributed by atoms with van der Waals surface area (Å²) in [6.45, 7) is 2.99. The third kappa shape index (κ3) is 2.54. The molecule has 1 aliphatic heterocycles. The largest absolute Gasteiger partial charge is 0.369 e. The first-order valence-electron chi connectivity index (χ1n) is 7.51. The second-order valence-electron chi connectivity index (χ2n) is 5.77. The van der Waals surface area contributed by atoms with Crippen molar-refractivity contribution in [3.63, 3.8) is 0 Å². The van der Waals surface area contributed by atoms with E-state index in [1.807, 2.05) is 31.2 Å². The minimum atomic E-state index is -0.268. The molecule has 0 radical (unpaired) electrons. The summed E-state index contributed by atoms with van der Waals surface area (Å²) in [7, 11) is 0. The highest BCUT2D eigenvalue weighted by atomic mass is 16.2. The van der Waals surface area contributed by atoms with Crippen LogP contribution in [0.4, 0.5) is 0 Å². The molecule has 2 amide bonds. The fraction of sp³-hybridized carbons (Fsp3) is 0.353. The second kappa shape index (κ2) is 5.75. The molecule has 1 aliphatic rings. The van der Waals surface area contributed by atoms with E-state index < -0.39 is 0 Å². The highest BCUT2D eigenvalue weighted by Crippen LogP contribution is 2.24. The molecule has 22 heavy (non-hydrogen) atoms. The number of pyridine rings is 1. The summed E-state index contributed by atoms with van der Waals surface area (Å²) < 4.78 is 0. The number of aryl methyl sites for hydroxylation is 1. The highest BCUT2D eigenvalue weighted by molar-refractivity contribution is 6.07. The van der Waals surface area contributed by atoms with Crippen LogP contribution in [-0.4, -0.2) is 34.8 Å². The number of carbonyl (C=O) groups is 2. The Balaban J connectivity index is 1.90. The minimum absolute atomic E-state index is 0.00952. The molecule has 1 aromatic carbocycles. The van der Waals surface area contributed by atoms with Crippen LogP contribution in [0.3, 0.4) is 0 Å². The molecule has 0 bridgehead atoms. The summed E-state index contributed by atoms with van der Waals surface area (Å²) >= 11 is 0. The van der Waals surface area contributed by atoms with Gasteiger partial charge in [-0.25, -0.2) is 0 Å². The summed E-state index contributed by atoms with van der Waals surface area (Å²) in [6, 6.07) is 7.77. The first kappa shape index (κ1) is 14.5. The Morgan fingerprint density at radius 2 is 1.91 bits per heavy atom. The topological polar surface area (TPSA) is 76.3 Å². The second-order valence-corrected chi connectivity index (χ2v) is 5.77. The zero-order chi connectivity index (χ0) is 15.7. The molecule has 2 N–H and O–H groups in total. The fourth-order valence-corrected chi connectivity index (χ4v) is 3.06. The average Bonchev–Trinajstić information content (AvgIpc) is 2.54. The van der Waals surface area contributed by atoms with E-state index in [1.54, 1.807) is 11.1 Å². The number of primary amides is 1. The van der Waals surface area contributed by atoms with Crippen molar-refractivity contribution in [3.05, 3.63) is 41.7 Å². The lowest BCUT2D eigenvalue weighted by molar-refractivity contribution is -0.123. The molecular formula is C17H19N3O2. The zero-order valence-corrected chi connectivity index (χ0v) is 12.6. The molecule has 2 aromatic rings. The number of amides is 2. The number of nitrogens with zero attached hydrogens (tertiary/aromatic N) is 2. The predicted octanol–water partition coefficient (Wildman–Crippen LogP) is 1.88. The zero-order valence-electron chi connectivity index (χ0n) is 12.6. The number of benzene rings is 1. The predicted molar refractivity (Wildman–Crippen MR) is 84.3 cm³/mol. The number of aromatic nitrogens is 1. The number of carbonyl (C=O) groups excluding carboxylic acids is 2. The number of rotatable bonds is 2. The van der Waals surface area contributed by atoms with Crippen LogP contribution in [0.5, 0.6) is 0 Å². The van der Waals surface area contributed by atoms with E-state index in [-0.39, 0.29) is 17.7 Å². The maximum absolute atomic E-state index is 12.9. The molecule has 0 unspecified atom stereocenters. The smallest absolute Gasteiger partial charge is 0.256 e. The van der Waals surface area contributed by atoms with Crippen molar-refractivity contribution in [2.45, 2.75) is 19.8 Å². The molecule has 1 saturated heterocycles. The Morgan fingerprint density at radius 3 is 2.59 bits per heavy atom. The Labute approximate surface area is 129 Å². The molecule has 0 atom stereocenters. The van der Waals surface area contributed by atoms with Gasteiger partial charge in [0, 0.05) is 30.6 Å². The van der Waals surface area contributed by atoms with Crippen molar-refractivity contribution in [2.24, 2.45) is 11.7 Å². The number of fused-ring (bicyclic) bond motifs is 1. The Hall–Kier alpha value is -2.43. The third-order valence-electron chi connectivity index (χ3n) is 4.39. The number of nitrogens with two attached hydrogens (primary N) is 1. The van der Waals surface area contributed by atoms with Crippen LogP contribution in [-0.2, 0) is 4.79 Å². The Morgan fingerprint density at radius 1 is 1.23 bits per heavy atom. The lowest BCUT2D eigenvalue weighted by Crippen LogP contribution is -2.42. The van der Waals surface area contributed by atoms with E-state index in [1.165, 1.54) is 0 Å².